The summed E-state index contributed by atoms with van der Waals surface area (Å²) in [5, 5.41) is 6.93. The van der Waals surface area contributed by atoms with Gasteiger partial charge in [0.05, 0.1) is 0 Å². The van der Waals surface area contributed by atoms with Crippen LogP contribution in [0.2, 0.25) is 0 Å². The average Bonchev–Trinajstić information content (AvgIpc) is 2.37. The molecular formula is C16H35IN4. The van der Waals surface area contributed by atoms with Gasteiger partial charge in [0.1, 0.15) is 0 Å². The molecule has 0 aliphatic heterocycles. The van der Waals surface area contributed by atoms with Crippen LogP contribution in [-0.2, 0) is 0 Å². The molecule has 1 rings (SSSR count). The van der Waals surface area contributed by atoms with E-state index in [0.29, 0.717) is 6.04 Å². The third-order valence-electron chi connectivity index (χ3n) is 4.05. The molecule has 4 nitrogen and oxygen atoms in total. The van der Waals surface area contributed by atoms with Gasteiger partial charge in [0.15, 0.2) is 5.96 Å². The highest BCUT2D eigenvalue weighted by molar-refractivity contribution is 14.0. The highest BCUT2D eigenvalue weighted by atomic mass is 127. The summed E-state index contributed by atoms with van der Waals surface area (Å²) in [7, 11) is 6.23. The number of rotatable bonds is 4. The molecule has 0 heterocycles. The van der Waals surface area contributed by atoms with E-state index in [0.717, 1.165) is 18.4 Å². The van der Waals surface area contributed by atoms with Gasteiger partial charge in [0.2, 0.25) is 0 Å². The molecule has 0 aromatic heterocycles. The quantitative estimate of drug-likeness (QED) is 0.425. The molecule has 1 aliphatic rings. The Hall–Kier alpha value is -0.0400. The Morgan fingerprint density at radius 1 is 1.19 bits per heavy atom. The molecule has 0 bridgehead atoms. The summed E-state index contributed by atoms with van der Waals surface area (Å²) in [4.78, 5) is 6.69. The summed E-state index contributed by atoms with van der Waals surface area (Å²) >= 11 is 0. The van der Waals surface area contributed by atoms with E-state index in [1.165, 1.54) is 32.1 Å². The van der Waals surface area contributed by atoms with E-state index in [1.54, 1.807) is 0 Å². The zero-order chi connectivity index (χ0) is 15.2. The SMILES string of the molecule is CN=C(NCC(C1CCCCC1)N(C)C)NC(C)(C)C.I. The van der Waals surface area contributed by atoms with Gasteiger partial charge in [-0.1, -0.05) is 19.3 Å². The molecule has 126 valence electrons. The number of aliphatic imine (C=N–C) groups is 1. The number of hydrogen-bond acceptors (Lipinski definition) is 2. The predicted molar refractivity (Wildman–Crippen MR) is 104 cm³/mol. The normalized spacial score (nSPS) is 19.1. The first-order chi connectivity index (χ1) is 9.33. The second kappa shape index (κ2) is 9.87. The molecule has 0 saturated heterocycles. The van der Waals surface area contributed by atoms with Crippen molar-refractivity contribution in [3.63, 3.8) is 0 Å². The number of hydrogen-bond donors (Lipinski definition) is 2. The van der Waals surface area contributed by atoms with Crippen molar-refractivity contribution in [2.75, 3.05) is 27.7 Å². The number of nitrogens with one attached hydrogen (secondary N) is 2. The van der Waals surface area contributed by atoms with Crippen LogP contribution < -0.4 is 10.6 Å². The number of halogens is 1. The Bertz CT molecular complexity index is 304. The average molecular weight is 410 g/mol. The van der Waals surface area contributed by atoms with Crippen molar-refractivity contribution in [2.24, 2.45) is 10.9 Å². The lowest BCUT2D eigenvalue weighted by Gasteiger charge is -2.35. The van der Waals surface area contributed by atoms with Crippen molar-refractivity contribution in [3.05, 3.63) is 0 Å². The van der Waals surface area contributed by atoms with Crippen LogP contribution in [0.15, 0.2) is 4.99 Å². The first-order valence-corrected chi connectivity index (χ1v) is 7.99. The molecule has 1 saturated carbocycles. The number of guanidine groups is 1. The fraction of sp³-hybridized carbons (Fsp3) is 0.938. The standard InChI is InChI=1S/C16H34N4.HI/c1-16(2,3)19-15(17-4)18-12-14(20(5)6)13-10-8-7-9-11-13;/h13-14H,7-12H2,1-6H3,(H2,17,18,19);1H. The maximum absolute atomic E-state index is 4.33. The van der Waals surface area contributed by atoms with Crippen LogP contribution in [0.1, 0.15) is 52.9 Å². The van der Waals surface area contributed by atoms with E-state index < -0.39 is 0 Å². The lowest BCUT2D eigenvalue weighted by Crippen LogP contribution is -2.52. The third kappa shape index (κ3) is 8.24. The largest absolute Gasteiger partial charge is 0.355 e. The molecule has 0 aromatic carbocycles. The van der Waals surface area contributed by atoms with Gasteiger partial charge >= 0.3 is 0 Å². The Morgan fingerprint density at radius 3 is 2.19 bits per heavy atom. The molecule has 0 aromatic rings. The van der Waals surface area contributed by atoms with Crippen molar-refractivity contribution in [1.29, 1.82) is 0 Å². The molecule has 21 heavy (non-hydrogen) atoms. The molecule has 1 unspecified atom stereocenters. The van der Waals surface area contributed by atoms with Gasteiger partial charge in [0.25, 0.3) is 0 Å². The van der Waals surface area contributed by atoms with Gasteiger partial charge in [-0.3, -0.25) is 4.99 Å². The molecule has 0 amide bonds. The van der Waals surface area contributed by atoms with Gasteiger partial charge < -0.3 is 15.5 Å². The van der Waals surface area contributed by atoms with Crippen molar-refractivity contribution in [1.82, 2.24) is 15.5 Å². The highest BCUT2D eigenvalue weighted by Gasteiger charge is 2.25. The molecule has 1 aliphatic carbocycles. The lowest BCUT2D eigenvalue weighted by atomic mass is 9.83. The van der Waals surface area contributed by atoms with Crippen LogP contribution >= 0.6 is 24.0 Å². The van der Waals surface area contributed by atoms with E-state index in [4.69, 9.17) is 0 Å². The summed E-state index contributed by atoms with van der Waals surface area (Å²) in [6.45, 7) is 7.44. The lowest BCUT2D eigenvalue weighted by molar-refractivity contribution is 0.171. The monoisotopic (exact) mass is 410 g/mol. The minimum atomic E-state index is 0. The molecule has 1 fully saturated rings. The van der Waals surface area contributed by atoms with Crippen LogP contribution in [0.4, 0.5) is 0 Å². The molecule has 5 heteroatoms. The van der Waals surface area contributed by atoms with Gasteiger partial charge in [-0.25, -0.2) is 0 Å². The number of nitrogens with zero attached hydrogens (tertiary/aromatic N) is 2. The molecule has 0 radical (unpaired) electrons. The van der Waals surface area contributed by atoms with E-state index in [2.05, 4.69) is 55.4 Å². The number of likely N-dealkylation sites (N-methyl/N-ethyl adjacent to an activating group) is 1. The van der Waals surface area contributed by atoms with Crippen molar-refractivity contribution >= 4 is 29.9 Å². The van der Waals surface area contributed by atoms with Crippen LogP contribution in [0, 0.1) is 5.92 Å². The maximum atomic E-state index is 4.33. The fourth-order valence-electron chi connectivity index (χ4n) is 3.03. The highest BCUT2D eigenvalue weighted by Crippen LogP contribution is 2.28. The van der Waals surface area contributed by atoms with Crippen LogP contribution in [-0.4, -0.2) is 50.1 Å². The van der Waals surface area contributed by atoms with Gasteiger partial charge in [-0.05, 0) is 53.6 Å². The summed E-state index contributed by atoms with van der Waals surface area (Å²) in [5.74, 6) is 1.72. The zero-order valence-corrected chi connectivity index (χ0v) is 17.0. The van der Waals surface area contributed by atoms with Crippen LogP contribution in [0.3, 0.4) is 0 Å². The Morgan fingerprint density at radius 2 is 1.76 bits per heavy atom. The van der Waals surface area contributed by atoms with Crippen molar-refractivity contribution in [3.8, 4) is 0 Å². The van der Waals surface area contributed by atoms with Crippen LogP contribution in [0.25, 0.3) is 0 Å². The minimum Gasteiger partial charge on any atom is -0.355 e. The Labute approximate surface area is 148 Å². The fourth-order valence-corrected chi connectivity index (χ4v) is 3.03. The van der Waals surface area contributed by atoms with Crippen LogP contribution in [0.5, 0.6) is 0 Å². The minimum absolute atomic E-state index is 0. The molecule has 0 spiro atoms. The third-order valence-corrected chi connectivity index (χ3v) is 4.05. The van der Waals surface area contributed by atoms with Crippen molar-refractivity contribution in [2.45, 2.75) is 64.5 Å². The second-order valence-corrected chi connectivity index (χ2v) is 7.26. The van der Waals surface area contributed by atoms with Gasteiger partial charge in [-0.15, -0.1) is 24.0 Å². The Kier molecular flexibility index (Phi) is 9.85. The first kappa shape index (κ1) is 21.0. The summed E-state index contributed by atoms with van der Waals surface area (Å²) in [6.07, 6.45) is 6.94. The Balaban J connectivity index is 0.00000400. The summed E-state index contributed by atoms with van der Waals surface area (Å²) in [5.41, 5.74) is 0.0420. The summed E-state index contributed by atoms with van der Waals surface area (Å²) in [6, 6.07) is 0.591. The second-order valence-electron chi connectivity index (χ2n) is 7.26. The molecule has 2 N–H and O–H groups in total. The maximum Gasteiger partial charge on any atom is 0.191 e. The van der Waals surface area contributed by atoms with E-state index in [9.17, 15) is 0 Å². The predicted octanol–water partition coefficient (Wildman–Crippen LogP) is 3.08. The molecular weight excluding hydrogens is 375 g/mol. The topological polar surface area (TPSA) is 39.7 Å². The zero-order valence-electron chi connectivity index (χ0n) is 14.7. The van der Waals surface area contributed by atoms with E-state index in [-0.39, 0.29) is 29.5 Å². The van der Waals surface area contributed by atoms with Crippen molar-refractivity contribution < 1.29 is 0 Å². The first-order valence-electron chi connectivity index (χ1n) is 7.99. The van der Waals surface area contributed by atoms with Gasteiger partial charge in [0, 0.05) is 25.2 Å². The summed E-state index contributed by atoms with van der Waals surface area (Å²) < 4.78 is 0. The van der Waals surface area contributed by atoms with Gasteiger partial charge in [-0.2, -0.15) is 0 Å². The smallest absolute Gasteiger partial charge is 0.191 e. The van der Waals surface area contributed by atoms with E-state index >= 15 is 0 Å². The molecule has 1 atom stereocenters. The van der Waals surface area contributed by atoms with E-state index in [1.807, 2.05) is 7.05 Å².